The highest BCUT2D eigenvalue weighted by Gasteiger charge is 2.42. The largest absolute Gasteiger partial charge is 0.475 e. The predicted octanol–water partition coefficient (Wildman–Crippen LogP) is 2.84. The minimum absolute atomic E-state index is 0.0208. The minimum atomic E-state index is -1.66. The zero-order chi connectivity index (χ0) is 24.3. The van der Waals surface area contributed by atoms with Gasteiger partial charge in [-0.05, 0) is 32.9 Å². The average Bonchev–Trinajstić information content (AvgIpc) is 3.31. The number of rotatable bonds is 8. The fourth-order valence-electron chi connectivity index (χ4n) is 4.37. The Morgan fingerprint density at radius 3 is 2.50 bits per heavy atom. The van der Waals surface area contributed by atoms with E-state index in [1.807, 2.05) is 39.0 Å². The zero-order valence-corrected chi connectivity index (χ0v) is 19.6. The van der Waals surface area contributed by atoms with Gasteiger partial charge in [0.15, 0.2) is 0 Å². The Bertz CT molecular complexity index is 1090. The van der Waals surface area contributed by atoms with Crippen molar-refractivity contribution in [3.8, 4) is 5.88 Å². The molecule has 3 heterocycles. The molecule has 0 bridgehead atoms. The van der Waals surface area contributed by atoms with Crippen molar-refractivity contribution in [3.05, 3.63) is 66.3 Å². The van der Waals surface area contributed by atoms with Crippen molar-refractivity contribution in [2.45, 2.75) is 45.1 Å². The topological polar surface area (TPSA) is 79.5 Å². The Morgan fingerprint density at radius 1 is 1.09 bits per heavy atom. The second-order valence-electron chi connectivity index (χ2n) is 8.84. The molecule has 2 aromatic heterocycles. The molecule has 1 aliphatic heterocycles. The van der Waals surface area contributed by atoms with Crippen molar-refractivity contribution >= 4 is 5.82 Å². The van der Waals surface area contributed by atoms with Gasteiger partial charge >= 0.3 is 0 Å². The number of hydrogen-bond donors (Lipinski definition) is 1. The van der Waals surface area contributed by atoms with Crippen LogP contribution < -0.4 is 9.64 Å². The fraction of sp³-hybridized carbons (Fsp3) is 0.458. The highest BCUT2D eigenvalue weighted by atomic mass is 19.1. The lowest BCUT2D eigenvalue weighted by Crippen LogP contribution is -2.57. The number of nitrogens with zero attached hydrogens (tertiary/aromatic N) is 6. The Balaban J connectivity index is 1.52. The quantitative estimate of drug-likeness (QED) is 0.540. The Kier molecular flexibility index (Phi) is 7.08. The summed E-state index contributed by atoms with van der Waals surface area (Å²) in [7, 11) is 0. The maximum Gasteiger partial charge on any atom is 0.215 e. The molecule has 3 aromatic rings. The number of piperazine rings is 1. The van der Waals surface area contributed by atoms with Crippen LogP contribution in [-0.2, 0) is 12.1 Å². The minimum Gasteiger partial charge on any atom is -0.475 e. The first-order chi connectivity index (χ1) is 16.3. The van der Waals surface area contributed by atoms with Crippen molar-refractivity contribution in [1.29, 1.82) is 0 Å². The number of anilines is 1. The Hall–Kier alpha value is -3.11. The van der Waals surface area contributed by atoms with E-state index >= 15 is 0 Å². The van der Waals surface area contributed by atoms with E-state index in [-0.39, 0.29) is 18.2 Å². The van der Waals surface area contributed by atoms with Crippen molar-refractivity contribution in [1.82, 2.24) is 24.6 Å². The molecular formula is C24H30F2N6O2. The molecule has 1 N–H and O–H groups in total. The van der Waals surface area contributed by atoms with Crippen LogP contribution in [-0.4, -0.2) is 68.1 Å². The molecule has 34 heavy (non-hydrogen) atoms. The summed E-state index contributed by atoms with van der Waals surface area (Å²) in [6, 6.07) is 8.48. The molecule has 0 unspecified atom stereocenters. The van der Waals surface area contributed by atoms with E-state index in [2.05, 4.69) is 24.9 Å². The van der Waals surface area contributed by atoms with Gasteiger partial charge in [0.25, 0.3) is 0 Å². The van der Waals surface area contributed by atoms with E-state index in [4.69, 9.17) is 4.74 Å². The van der Waals surface area contributed by atoms with Gasteiger partial charge in [-0.2, -0.15) is 10.1 Å². The van der Waals surface area contributed by atoms with Gasteiger partial charge in [-0.3, -0.25) is 4.90 Å². The van der Waals surface area contributed by atoms with Gasteiger partial charge in [0.2, 0.25) is 5.88 Å². The van der Waals surface area contributed by atoms with E-state index in [0.717, 1.165) is 18.0 Å². The van der Waals surface area contributed by atoms with Crippen LogP contribution in [0.25, 0.3) is 0 Å². The number of pyridine rings is 1. The molecular weight excluding hydrogens is 442 g/mol. The maximum atomic E-state index is 14.8. The van der Waals surface area contributed by atoms with Crippen LogP contribution in [0.5, 0.6) is 5.88 Å². The fourth-order valence-corrected chi connectivity index (χ4v) is 4.37. The first-order valence-electron chi connectivity index (χ1n) is 11.4. The normalized spacial score (nSPS) is 17.6. The summed E-state index contributed by atoms with van der Waals surface area (Å²) in [6.07, 6.45) is 2.86. The van der Waals surface area contributed by atoms with Crippen LogP contribution in [0.1, 0.15) is 26.3 Å². The molecule has 4 rings (SSSR count). The first-order valence-corrected chi connectivity index (χ1v) is 11.4. The third-order valence-electron chi connectivity index (χ3n) is 6.21. The molecule has 0 radical (unpaired) electrons. The molecule has 1 saturated heterocycles. The van der Waals surface area contributed by atoms with Gasteiger partial charge in [-0.25, -0.2) is 18.4 Å². The first kappa shape index (κ1) is 24.0. The predicted molar refractivity (Wildman–Crippen MR) is 124 cm³/mol. The maximum absolute atomic E-state index is 14.8. The molecule has 2 atom stereocenters. The molecule has 1 aromatic carbocycles. The lowest BCUT2D eigenvalue weighted by molar-refractivity contribution is -0.0650. The van der Waals surface area contributed by atoms with Gasteiger partial charge in [0.05, 0.1) is 12.6 Å². The summed E-state index contributed by atoms with van der Waals surface area (Å²) < 4.78 is 35.6. The van der Waals surface area contributed by atoms with E-state index in [1.54, 1.807) is 0 Å². The number of ether oxygens (including phenoxy) is 1. The van der Waals surface area contributed by atoms with Crippen molar-refractivity contribution in [2.24, 2.45) is 0 Å². The summed E-state index contributed by atoms with van der Waals surface area (Å²) >= 11 is 0. The molecule has 1 aliphatic rings. The van der Waals surface area contributed by atoms with Gasteiger partial charge < -0.3 is 14.7 Å². The summed E-state index contributed by atoms with van der Waals surface area (Å²) in [5.41, 5.74) is -1.63. The second kappa shape index (κ2) is 10.0. The SMILES string of the molecule is CC(C)Oc1cccc(N2CCN([C@H](C)[C@](O)(Cn3cncn3)c3ccc(F)cc3F)CC2)n1. The van der Waals surface area contributed by atoms with Crippen LogP contribution >= 0.6 is 0 Å². The summed E-state index contributed by atoms with van der Waals surface area (Å²) in [5, 5.41) is 15.9. The third kappa shape index (κ3) is 5.18. The standard InChI is InChI=1S/C24H30F2N6O2/c1-17(2)34-23-6-4-5-22(29-23)31-11-9-30(10-12-31)18(3)24(33,14-32-16-27-15-28-32)20-8-7-19(25)13-21(20)26/h4-8,13,15-18,33H,9-12,14H2,1-3H3/t18-,24-/m1/s1. The number of benzene rings is 1. The molecule has 0 amide bonds. The van der Waals surface area contributed by atoms with Gasteiger partial charge in [0.1, 0.15) is 35.7 Å². The van der Waals surface area contributed by atoms with Crippen molar-refractivity contribution in [2.75, 3.05) is 31.1 Å². The summed E-state index contributed by atoms with van der Waals surface area (Å²) in [6.45, 7) is 8.35. The molecule has 1 fully saturated rings. The third-order valence-corrected chi connectivity index (χ3v) is 6.21. The molecule has 0 saturated carbocycles. The van der Waals surface area contributed by atoms with Gasteiger partial charge in [0, 0.05) is 49.9 Å². The van der Waals surface area contributed by atoms with Crippen molar-refractivity contribution < 1.29 is 18.6 Å². The van der Waals surface area contributed by atoms with Crippen LogP contribution in [0.15, 0.2) is 49.1 Å². The van der Waals surface area contributed by atoms with Gasteiger partial charge in [-0.15, -0.1) is 0 Å². The summed E-state index contributed by atoms with van der Waals surface area (Å²) in [5.74, 6) is -0.0775. The molecule has 8 nitrogen and oxygen atoms in total. The average molecular weight is 473 g/mol. The lowest BCUT2D eigenvalue weighted by atomic mass is 9.85. The Morgan fingerprint density at radius 2 is 1.85 bits per heavy atom. The van der Waals surface area contributed by atoms with Crippen LogP contribution in [0.4, 0.5) is 14.6 Å². The monoisotopic (exact) mass is 472 g/mol. The number of aromatic nitrogens is 4. The smallest absolute Gasteiger partial charge is 0.215 e. The molecule has 0 aliphatic carbocycles. The number of hydrogen-bond acceptors (Lipinski definition) is 7. The van der Waals surface area contributed by atoms with E-state index in [9.17, 15) is 13.9 Å². The van der Waals surface area contributed by atoms with E-state index < -0.39 is 23.3 Å². The van der Waals surface area contributed by atoms with Crippen molar-refractivity contribution in [3.63, 3.8) is 0 Å². The molecule has 0 spiro atoms. The van der Waals surface area contributed by atoms with Crippen LogP contribution in [0, 0.1) is 11.6 Å². The van der Waals surface area contributed by atoms with Crippen LogP contribution in [0.2, 0.25) is 0 Å². The van der Waals surface area contributed by atoms with E-state index in [1.165, 1.54) is 23.4 Å². The van der Waals surface area contributed by atoms with Gasteiger partial charge in [-0.1, -0.05) is 12.1 Å². The highest BCUT2D eigenvalue weighted by Crippen LogP contribution is 2.33. The number of halogens is 2. The molecule has 182 valence electrons. The molecule has 10 heteroatoms. The highest BCUT2D eigenvalue weighted by molar-refractivity contribution is 5.41. The second-order valence-corrected chi connectivity index (χ2v) is 8.84. The van der Waals surface area contributed by atoms with Crippen LogP contribution in [0.3, 0.4) is 0 Å². The van der Waals surface area contributed by atoms with E-state index in [0.29, 0.717) is 32.1 Å². The zero-order valence-electron chi connectivity index (χ0n) is 19.6. The Labute approximate surface area is 197 Å². The summed E-state index contributed by atoms with van der Waals surface area (Å²) in [4.78, 5) is 12.8. The number of aliphatic hydroxyl groups is 1. The lowest BCUT2D eigenvalue weighted by Gasteiger charge is -2.45.